The number of ether oxygens (including phenoxy) is 3. The lowest BCUT2D eigenvalue weighted by atomic mass is 10.1. The molecule has 1 atom stereocenters. The van der Waals surface area contributed by atoms with Crippen LogP contribution in [-0.4, -0.2) is 37.2 Å². The molecular weight excluding hydrogens is 781 g/mol. The summed E-state index contributed by atoms with van der Waals surface area (Å²) in [5.41, 5.74) is 0. The van der Waals surface area contributed by atoms with E-state index in [9.17, 15) is 14.4 Å². The molecule has 0 aromatic rings. The summed E-state index contributed by atoms with van der Waals surface area (Å²) < 4.78 is 16.6. The van der Waals surface area contributed by atoms with E-state index in [1.165, 1.54) is 77.0 Å². The van der Waals surface area contributed by atoms with E-state index in [0.717, 1.165) is 89.9 Å². The normalized spacial score (nSPS) is 13.0. The van der Waals surface area contributed by atoms with Gasteiger partial charge < -0.3 is 14.2 Å². The van der Waals surface area contributed by atoms with Crippen molar-refractivity contribution in [1.82, 2.24) is 0 Å². The third-order valence-electron chi connectivity index (χ3n) is 10.3. The summed E-state index contributed by atoms with van der Waals surface area (Å²) in [4.78, 5) is 37.9. The van der Waals surface area contributed by atoms with E-state index in [2.05, 4.69) is 118 Å². The highest BCUT2D eigenvalue weighted by Crippen LogP contribution is 2.13. The lowest BCUT2D eigenvalue weighted by Crippen LogP contribution is -2.30. The van der Waals surface area contributed by atoms with Crippen molar-refractivity contribution in [3.8, 4) is 0 Å². The predicted octanol–water partition coefficient (Wildman–Crippen LogP) is 16.8. The topological polar surface area (TPSA) is 78.9 Å². The molecule has 0 aliphatic heterocycles. The van der Waals surface area contributed by atoms with Gasteiger partial charge in [0, 0.05) is 12.8 Å². The SMILES string of the molecule is CC/C=C\C/C=C\C/C=C\C/C=C\C/C=C\CC(=O)OC(COC(=O)CCCCC/C=C\C/C=C\C/C=C\CC)COC(=O)CCCCCCCCC/C=C\CCCCCCCC. The van der Waals surface area contributed by atoms with E-state index >= 15 is 0 Å². The van der Waals surface area contributed by atoms with Crippen LogP contribution in [0, 0.1) is 0 Å². The summed E-state index contributed by atoms with van der Waals surface area (Å²) in [6.07, 6.45) is 68.1. The number of esters is 3. The zero-order valence-electron chi connectivity index (χ0n) is 40.5. The van der Waals surface area contributed by atoms with Gasteiger partial charge in [-0.3, -0.25) is 14.4 Å². The van der Waals surface area contributed by atoms with E-state index < -0.39 is 12.1 Å². The number of unbranched alkanes of at least 4 members (excludes halogenated alkanes) is 16. The first-order valence-electron chi connectivity index (χ1n) is 25.4. The second-order valence-corrected chi connectivity index (χ2v) is 16.3. The quantitative estimate of drug-likeness (QED) is 0.0263. The number of carbonyl (C=O) groups is 3. The van der Waals surface area contributed by atoms with Gasteiger partial charge in [0.15, 0.2) is 6.10 Å². The minimum atomic E-state index is -0.847. The molecule has 63 heavy (non-hydrogen) atoms. The number of hydrogen-bond donors (Lipinski definition) is 0. The molecule has 1 unspecified atom stereocenters. The highest BCUT2D eigenvalue weighted by molar-refractivity contribution is 5.72. The average Bonchev–Trinajstić information content (AvgIpc) is 3.28. The first-order valence-corrected chi connectivity index (χ1v) is 25.4. The number of carbonyl (C=O) groups excluding carboxylic acids is 3. The monoisotopic (exact) mass is 873 g/mol. The van der Waals surface area contributed by atoms with Crippen LogP contribution in [0.25, 0.3) is 0 Å². The van der Waals surface area contributed by atoms with Gasteiger partial charge >= 0.3 is 17.9 Å². The Kier molecular flexibility index (Phi) is 47.5. The van der Waals surface area contributed by atoms with Crippen LogP contribution in [0.15, 0.2) is 109 Å². The molecular formula is C57H92O6. The molecule has 6 heteroatoms. The van der Waals surface area contributed by atoms with Crippen molar-refractivity contribution in [2.45, 2.75) is 219 Å². The number of allylic oxidation sites excluding steroid dienone is 17. The van der Waals surface area contributed by atoms with Crippen LogP contribution in [0.5, 0.6) is 0 Å². The Morgan fingerprint density at radius 1 is 0.349 bits per heavy atom. The average molecular weight is 873 g/mol. The van der Waals surface area contributed by atoms with Crippen molar-refractivity contribution in [2.24, 2.45) is 0 Å². The minimum Gasteiger partial charge on any atom is -0.462 e. The molecule has 0 rings (SSSR count). The van der Waals surface area contributed by atoms with Gasteiger partial charge in [-0.15, -0.1) is 0 Å². The van der Waals surface area contributed by atoms with Crippen molar-refractivity contribution in [1.29, 1.82) is 0 Å². The maximum atomic E-state index is 12.7. The third kappa shape index (κ3) is 49.0. The maximum Gasteiger partial charge on any atom is 0.310 e. The summed E-state index contributed by atoms with van der Waals surface area (Å²) in [6.45, 7) is 6.27. The summed E-state index contributed by atoms with van der Waals surface area (Å²) in [7, 11) is 0. The highest BCUT2D eigenvalue weighted by Gasteiger charge is 2.19. The van der Waals surface area contributed by atoms with Crippen LogP contribution in [0.2, 0.25) is 0 Å². The van der Waals surface area contributed by atoms with Gasteiger partial charge in [-0.1, -0.05) is 201 Å². The van der Waals surface area contributed by atoms with E-state index in [4.69, 9.17) is 14.2 Å². The molecule has 0 saturated carbocycles. The highest BCUT2D eigenvalue weighted by atomic mass is 16.6. The summed E-state index contributed by atoms with van der Waals surface area (Å²) >= 11 is 0. The van der Waals surface area contributed by atoms with Crippen LogP contribution in [-0.2, 0) is 28.6 Å². The van der Waals surface area contributed by atoms with Gasteiger partial charge in [0.1, 0.15) is 13.2 Å². The standard InChI is InChI=1S/C57H92O6/c1-4-7-10-13-16-19-22-25-27-28-30-32-35-38-41-44-47-50-56(59)62-53-54(52-61-55(58)49-46-43-40-37-34-31-24-21-18-15-12-9-6-3)63-57(60)51-48-45-42-39-36-33-29-26-23-20-17-14-11-8-5-2/h8-9,11-12,17-18,20-21,25-27,29,31,34,36,39,45,48,54H,4-7,10,13-16,19,22-24,28,30,32-33,35,37-38,40-44,46-47,49-53H2,1-3H3/b11-8-,12-9-,20-17-,21-18-,27-25-,29-26-,34-31-,39-36-,48-45-. The second-order valence-electron chi connectivity index (χ2n) is 16.3. The Morgan fingerprint density at radius 2 is 0.667 bits per heavy atom. The minimum absolute atomic E-state index is 0.0862. The Labute approximate surface area is 387 Å². The lowest BCUT2D eigenvalue weighted by Gasteiger charge is -2.18. The summed E-state index contributed by atoms with van der Waals surface area (Å²) in [5, 5.41) is 0. The summed E-state index contributed by atoms with van der Waals surface area (Å²) in [5.74, 6) is -1.10. The first kappa shape index (κ1) is 59.1. The fourth-order valence-corrected chi connectivity index (χ4v) is 6.53. The lowest BCUT2D eigenvalue weighted by molar-refractivity contribution is -0.166. The largest absolute Gasteiger partial charge is 0.462 e. The van der Waals surface area contributed by atoms with Gasteiger partial charge in [0.25, 0.3) is 0 Å². The number of hydrogen-bond acceptors (Lipinski definition) is 6. The summed E-state index contributed by atoms with van der Waals surface area (Å²) in [6, 6.07) is 0. The Hall–Kier alpha value is -3.93. The molecule has 0 bridgehead atoms. The zero-order valence-corrected chi connectivity index (χ0v) is 40.5. The van der Waals surface area contributed by atoms with E-state index in [1.54, 1.807) is 6.08 Å². The van der Waals surface area contributed by atoms with Gasteiger partial charge in [0.05, 0.1) is 6.42 Å². The zero-order chi connectivity index (χ0) is 45.8. The molecule has 0 fully saturated rings. The van der Waals surface area contributed by atoms with Crippen LogP contribution in [0.3, 0.4) is 0 Å². The molecule has 356 valence electrons. The number of rotatable bonds is 44. The van der Waals surface area contributed by atoms with Crippen LogP contribution >= 0.6 is 0 Å². The molecule has 0 aliphatic rings. The van der Waals surface area contributed by atoms with Crippen LogP contribution in [0.1, 0.15) is 213 Å². The van der Waals surface area contributed by atoms with Crippen LogP contribution in [0.4, 0.5) is 0 Å². The van der Waals surface area contributed by atoms with Crippen molar-refractivity contribution in [3.05, 3.63) is 109 Å². The molecule has 6 nitrogen and oxygen atoms in total. The van der Waals surface area contributed by atoms with Gasteiger partial charge in [-0.25, -0.2) is 0 Å². The van der Waals surface area contributed by atoms with Crippen molar-refractivity contribution in [2.75, 3.05) is 13.2 Å². The molecule has 0 N–H and O–H groups in total. The molecule has 0 heterocycles. The van der Waals surface area contributed by atoms with E-state index in [0.29, 0.717) is 19.3 Å². The molecule has 0 spiro atoms. The molecule has 0 amide bonds. The first-order chi connectivity index (χ1) is 31.0. The Bertz CT molecular complexity index is 1330. The smallest absolute Gasteiger partial charge is 0.310 e. The van der Waals surface area contributed by atoms with Crippen molar-refractivity contribution in [3.63, 3.8) is 0 Å². The molecule has 0 aromatic heterocycles. The van der Waals surface area contributed by atoms with E-state index in [-0.39, 0.29) is 31.6 Å². The van der Waals surface area contributed by atoms with Gasteiger partial charge in [-0.2, -0.15) is 0 Å². The Morgan fingerprint density at radius 3 is 1.08 bits per heavy atom. The predicted molar refractivity (Wildman–Crippen MR) is 270 cm³/mol. The second kappa shape index (κ2) is 50.7. The molecule has 0 aromatic carbocycles. The molecule has 0 saturated heterocycles. The third-order valence-corrected chi connectivity index (χ3v) is 10.3. The van der Waals surface area contributed by atoms with Gasteiger partial charge in [0.2, 0.25) is 0 Å². The maximum absolute atomic E-state index is 12.7. The van der Waals surface area contributed by atoms with Crippen LogP contribution < -0.4 is 0 Å². The Balaban J connectivity index is 4.55. The fraction of sp³-hybridized carbons (Fsp3) is 0.632. The van der Waals surface area contributed by atoms with E-state index in [1.807, 2.05) is 6.08 Å². The van der Waals surface area contributed by atoms with Crippen molar-refractivity contribution >= 4 is 17.9 Å². The molecule has 0 radical (unpaired) electrons. The molecule has 0 aliphatic carbocycles. The van der Waals surface area contributed by atoms with Gasteiger partial charge in [-0.05, 0) is 103 Å². The fourth-order valence-electron chi connectivity index (χ4n) is 6.53. The van der Waals surface area contributed by atoms with Crippen molar-refractivity contribution < 1.29 is 28.6 Å².